The van der Waals surface area contributed by atoms with Crippen LogP contribution in [0.25, 0.3) is 0 Å². The molecule has 100 valence electrons. The third-order valence-electron chi connectivity index (χ3n) is 3.55. The van der Waals surface area contributed by atoms with Crippen molar-refractivity contribution in [2.24, 2.45) is 0 Å². The van der Waals surface area contributed by atoms with Crippen LogP contribution in [0.4, 0.5) is 0 Å². The zero-order valence-corrected chi connectivity index (χ0v) is 12.6. The highest BCUT2D eigenvalue weighted by Crippen LogP contribution is 2.31. The van der Waals surface area contributed by atoms with E-state index in [1.54, 1.807) is 0 Å². The van der Waals surface area contributed by atoms with Crippen molar-refractivity contribution in [3.8, 4) is 0 Å². The molecule has 0 spiro atoms. The molecule has 1 heterocycles. The summed E-state index contributed by atoms with van der Waals surface area (Å²) < 4.78 is 0. The molecule has 1 aliphatic heterocycles. The van der Waals surface area contributed by atoms with Gasteiger partial charge in [0.2, 0.25) is 0 Å². The summed E-state index contributed by atoms with van der Waals surface area (Å²) in [5, 5.41) is 4.27. The van der Waals surface area contributed by atoms with Crippen LogP contribution in [-0.2, 0) is 5.41 Å². The van der Waals surface area contributed by atoms with Crippen LogP contribution in [-0.4, -0.2) is 18.3 Å². The van der Waals surface area contributed by atoms with E-state index in [1.807, 2.05) is 0 Å². The summed E-state index contributed by atoms with van der Waals surface area (Å²) >= 11 is 2.06. The smallest absolute Gasteiger partial charge is 0.0107 e. The monoisotopic (exact) mass is 263 g/mol. The molecule has 0 amide bonds. The summed E-state index contributed by atoms with van der Waals surface area (Å²) in [5.74, 6) is 0. The fraction of sp³-hybridized carbons (Fsp3) is 0.625. The van der Waals surface area contributed by atoms with Gasteiger partial charge in [-0.05, 0) is 55.5 Å². The Labute approximate surface area is 116 Å². The van der Waals surface area contributed by atoms with Crippen LogP contribution in [0.3, 0.4) is 0 Å². The molecule has 1 N–H and O–H groups in total. The summed E-state index contributed by atoms with van der Waals surface area (Å²) in [6.07, 6.45) is 3.96. The zero-order valence-electron chi connectivity index (χ0n) is 11.8. The highest BCUT2D eigenvalue weighted by molar-refractivity contribution is 8.00. The largest absolute Gasteiger partial charge is 0.317 e. The Morgan fingerprint density at radius 1 is 1.06 bits per heavy atom. The van der Waals surface area contributed by atoms with Crippen molar-refractivity contribution < 1.29 is 0 Å². The van der Waals surface area contributed by atoms with E-state index in [2.05, 4.69) is 62.1 Å². The lowest BCUT2D eigenvalue weighted by Crippen LogP contribution is -2.14. The van der Waals surface area contributed by atoms with Crippen molar-refractivity contribution >= 4 is 11.8 Å². The van der Waals surface area contributed by atoms with Gasteiger partial charge in [0, 0.05) is 10.1 Å². The number of hydrogen-bond donors (Lipinski definition) is 1. The van der Waals surface area contributed by atoms with E-state index in [4.69, 9.17) is 0 Å². The summed E-state index contributed by atoms with van der Waals surface area (Å²) in [6, 6.07) is 9.17. The Balaban J connectivity index is 1.97. The Hall–Kier alpha value is -0.470. The lowest BCUT2D eigenvalue weighted by atomic mass is 9.87. The van der Waals surface area contributed by atoms with E-state index in [0.717, 1.165) is 5.25 Å². The van der Waals surface area contributed by atoms with Gasteiger partial charge in [0.25, 0.3) is 0 Å². The molecule has 0 aromatic heterocycles. The van der Waals surface area contributed by atoms with E-state index in [9.17, 15) is 0 Å². The molecule has 1 aliphatic rings. The van der Waals surface area contributed by atoms with Crippen molar-refractivity contribution in [3.05, 3.63) is 29.8 Å². The number of rotatable bonds is 2. The highest BCUT2D eigenvalue weighted by Gasteiger charge is 2.15. The molecule has 1 aromatic carbocycles. The van der Waals surface area contributed by atoms with Crippen LogP contribution in [0.15, 0.2) is 29.2 Å². The van der Waals surface area contributed by atoms with E-state index in [0.29, 0.717) is 0 Å². The molecule has 2 rings (SSSR count). The van der Waals surface area contributed by atoms with Crippen LogP contribution >= 0.6 is 11.8 Å². The van der Waals surface area contributed by atoms with Crippen molar-refractivity contribution in [1.29, 1.82) is 0 Å². The first-order valence-corrected chi connectivity index (χ1v) is 7.91. The Kier molecular flexibility index (Phi) is 4.74. The van der Waals surface area contributed by atoms with Gasteiger partial charge in [-0.2, -0.15) is 0 Å². The first kappa shape index (κ1) is 14.0. The minimum Gasteiger partial charge on any atom is -0.317 e. The SMILES string of the molecule is CC(C)(C)c1ccc(SC2CCCNCC2)cc1. The molecular weight excluding hydrogens is 238 g/mol. The molecule has 2 heteroatoms. The van der Waals surface area contributed by atoms with Crippen LogP contribution in [0.2, 0.25) is 0 Å². The molecule has 1 unspecified atom stereocenters. The zero-order chi connectivity index (χ0) is 13.0. The van der Waals surface area contributed by atoms with Gasteiger partial charge in [0.1, 0.15) is 0 Å². The molecule has 0 radical (unpaired) electrons. The summed E-state index contributed by atoms with van der Waals surface area (Å²) in [4.78, 5) is 1.43. The van der Waals surface area contributed by atoms with Crippen molar-refractivity contribution in [3.63, 3.8) is 0 Å². The average molecular weight is 263 g/mol. The summed E-state index contributed by atoms with van der Waals surface area (Å²) in [6.45, 7) is 9.18. The van der Waals surface area contributed by atoms with E-state index in [1.165, 1.54) is 42.8 Å². The molecule has 1 aromatic rings. The summed E-state index contributed by atoms with van der Waals surface area (Å²) in [5.41, 5.74) is 1.68. The van der Waals surface area contributed by atoms with Crippen LogP contribution < -0.4 is 5.32 Å². The number of benzene rings is 1. The second-order valence-electron chi connectivity index (χ2n) is 6.20. The molecule has 1 atom stereocenters. The predicted octanol–water partition coefficient (Wildman–Crippen LogP) is 4.22. The van der Waals surface area contributed by atoms with Crippen LogP contribution in [0, 0.1) is 0 Å². The maximum Gasteiger partial charge on any atom is 0.0107 e. The minimum absolute atomic E-state index is 0.259. The van der Waals surface area contributed by atoms with Gasteiger partial charge in [0.15, 0.2) is 0 Å². The fourth-order valence-corrected chi connectivity index (χ4v) is 3.53. The minimum atomic E-state index is 0.259. The molecule has 1 nitrogen and oxygen atoms in total. The molecule has 0 saturated carbocycles. The molecule has 0 bridgehead atoms. The Morgan fingerprint density at radius 3 is 2.44 bits per heavy atom. The first-order chi connectivity index (χ1) is 8.55. The van der Waals surface area contributed by atoms with Gasteiger partial charge >= 0.3 is 0 Å². The highest BCUT2D eigenvalue weighted by atomic mass is 32.2. The third-order valence-corrected chi connectivity index (χ3v) is 4.89. The fourth-order valence-electron chi connectivity index (χ4n) is 2.33. The maximum atomic E-state index is 3.48. The number of hydrogen-bond acceptors (Lipinski definition) is 2. The molecule has 1 fully saturated rings. The second kappa shape index (κ2) is 6.12. The summed E-state index contributed by atoms with van der Waals surface area (Å²) in [7, 11) is 0. The van der Waals surface area contributed by atoms with Gasteiger partial charge < -0.3 is 5.32 Å². The topological polar surface area (TPSA) is 12.0 Å². The average Bonchev–Trinajstić information content (AvgIpc) is 2.57. The first-order valence-electron chi connectivity index (χ1n) is 7.03. The van der Waals surface area contributed by atoms with Crippen LogP contribution in [0.5, 0.6) is 0 Å². The molecule has 0 aliphatic carbocycles. The second-order valence-corrected chi connectivity index (χ2v) is 7.57. The quantitative estimate of drug-likeness (QED) is 0.857. The standard InChI is InChI=1S/C16H25NS/c1-16(2,3)13-6-8-15(9-7-13)18-14-5-4-11-17-12-10-14/h6-9,14,17H,4-5,10-12H2,1-3H3. The van der Waals surface area contributed by atoms with Gasteiger partial charge in [-0.25, -0.2) is 0 Å². The number of thioether (sulfide) groups is 1. The van der Waals surface area contributed by atoms with Gasteiger partial charge in [-0.3, -0.25) is 0 Å². The lowest BCUT2D eigenvalue weighted by molar-refractivity contribution is 0.589. The van der Waals surface area contributed by atoms with Crippen molar-refractivity contribution in [1.82, 2.24) is 5.32 Å². The molecule has 1 saturated heterocycles. The lowest BCUT2D eigenvalue weighted by Gasteiger charge is -2.20. The normalized spacial score (nSPS) is 21.6. The third kappa shape index (κ3) is 4.03. The van der Waals surface area contributed by atoms with Gasteiger partial charge in [0.05, 0.1) is 0 Å². The maximum absolute atomic E-state index is 3.48. The van der Waals surface area contributed by atoms with Gasteiger partial charge in [-0.15, -0.1) is 11.8 Å². The number of nitrogens with one attached hydrogen (secondary N) is 1. The van der Waals surface area contributed by atoms with Crippen molar-refractivity contribution in [2.75, 3.05) is 13.1 Å². The van der Waals surface area contributed by atoms with Crippen LogP contribution in [0.1, 0.15) is 45.6 Å². The predicted molar refractivity (Wildman–Crippen MR) is 81.5 cm³/mol. The van der Waals surface area contributed by atoms with E-state index < -0.39 is 0 Å². The molecule has 18 heavy (non-hydrogen) atoms. The van der Waals surface area contributed by atoms with Gasteiger partial charge in [-0.1, -0.05) is 32.9 Å². The Bertz CT molecular complexity index is 356. The molecular formula is C16H25NS. The Morgan fingerprint density at radius 2 is 1.78 bits per heavy atom. The van der Waals surface area contributed by atoms with Crippen molar-refractivity contribution in [2.45, 2.75) is 55.6 Å². The van der Waals surface area contributed by atoms with E-state index in [-0.39, 0.29) is 5.41 Å². The van der Waals surface area contributed by atoms with E-state index >= 15 is 0 Å².